The summed E-state index contributed by atoms with van der Waals surface area (Å²) in [4.78, 5) is 7.32. The van der Waals surface area contributed by atoms with Crippen LogP contribution in [0.1, 0.15) is 43.7 Å². The highest BCUT2D eigenvalue weighted by atomic mass is 16.3. The fourth-order valence-corrected chi connectivity index (χ4v) is 3.56. The molecule has 1 aromatic rings. The number of rotatable bonds is 4. The van der Waals surface area contributed by atoms with E-state index in [1.807, 2.05) is 0 Å². The van der Waals surface area contributed by atoms with Crippen LogP contribution < -0.4 is 0 Å². The smallest absolute Gasteiger partial charge is 0.109 e. The lowest BCUT2D eigenvalue weighted by Gasteiger charge is -2.22. The highest BCUT2D eigenvalue weighted by Gasteiger charge is 2.25. The van der Waals surface area contributed by atoms with Gasteiger partial charge in [-0.15, -0.1) is 0 Å². The van der Waals surface area contributed by atoms with E-state index < -0.39 is 0 Å². The molecule has 3 heterocycles. The summed E-state index contributed by atoms with van der Waals surface area (Å²) in [5.41, 5.74) is 1.23. The Morgan fingerprint density at radius 3 is 3.05 bits per heavy atom. The molecule has 3 rings (SSSR count). The molecule has 2 aliphatic rings. The number of aromatic nitrogens is 2. The summed E-state index contributed by atoms with van der Waals surface area (Å²) in [6.45, 7) is 6.12. The zero-order valence-corrected chi connectivity index (χ0v) is 11.9. The van der Waals surface area contributed by atoms with Gasteiger partial charge >= 0.3 is 0 Å². The topological polar surface area (TPSA) is 41.3 Å². The number of imidazole rings is 1. The number of aliphatic hydroxyl groups excluding tert-OH is 1. The van der Waals surface area contributed by atoms with Crippen LogP contribution in [0.2, 0.25) is 0 Å². The van der Waals surface area contributed by atoms with Crippen LogP contribution in [0.15, 0.2) is 6.20 Å². The van der Waals surface area contributed by atoms with Crippen LogP contribution in [0.4, 0.5) is 0 Å². The van der Waals surface area contributed by atoms with E-state index in [9.17, 15) is 5.11 Å². The highest BCUT2D eigenvalue weighted by Crippen LogP contribution is 2.26. The highest BCUT2D eigenvalue weighted by molar-refractivity contribution is 5.09. The van der Waals surface area contributed by atoms with Crippen molar-refractivity contribution in [3.8, 4) is 0 Å². The van der Waals surface area contributed by atoms with Gasteiger partial charge in [-0.3, -0.25) is 0 Å². The van der Waals surface area contributed by atoms with Crippen LogP contribution >= 0.6 is 0 Å². The predicted molar refractivity (Wildman–Crippen MR) is 75.2 cm³/mol. The standard InChI is InChI=1S/C15H25N3O/c1-2-17-7-6-12(9-17)8-13-10-18-14(11-19)4-3-5-15(18)16-13/h10,12,14,19H,2-9,11H2,1H3. The van der Waals surface area contributed by atoms with Crippen LogP contribution in [-0.2, 0) is 12.8 Å². The summed E-state index contributed by atoms with van der Waals surface area (Å²) in [5, 5.41) is 9.44. The molecule has 0 radical (unpaired) electrons. The van der Waals surface area contributed by atoms with Crippen LogP contribution in [0.25, 0.3) is 0 Å². The van der Waals surface area contributed by atoms with E-state index in [4.69, 9.17) is 4.98 Å². The van der Waals surface area contributed by atoms with Gasteiger partial charge in [0.05, 0.1) is 18.3 Å². The summed E-state index contributed by atoms with van der Waals surface area (Å²) in [7, 11) is 0. The first kappa shape index (κ1) is 13.1. The molecule has 1 fully saturated rings. The molecule has 1 N–H and O–H groups in total. The maximum atomic E-state index is 9.44. The minimum atomic E-state index is 0.246. The molecule has 4 heteroatoms. The Morgan fingerprint density at radius 2 is 2.32 bits per heavy atom. The first-order valence-corrected chi connectivity index (χ1v) is 7.70. The van der Waals surface area contributed by atoms with Crippen LogP contribution in [0.3, 0.4) is 0 Å². The maximum Gasteiger partial charge on any atom is 0.109 e. The van der Waals surface area contributed by atoms with Gasteiger partial charge in [-0.25, -0.2) is 4.98 Å². The second-order valence-electron chi connectivity index (χ2n) is 6.04. The molecule has 2 atom stereocenters. The van der Waals surface area contributed by atoms with Crippen molar-refractivity contribution in [3.63, 3.8) is 0 Å². The molecule has 1 saturated heterocycles. The molecule has 4 nitrogen and oxygen atoms in total. The molecule has 0 aliphatic carbocycles. The van der Waals surface area contributed by atoms with Gasteiger partial charge in [-0.1, -0.05) is 6.92 Å². The van der Waals surface area contributed by atoms with Crippen molar-refractivity contribution in [3.05, 3.63) is 17.7 Å². The minimum Gasteiger partial charge on any atom is -0.394 e. The maximum absolute atomic E-state index is 9.44. The normalized spacial score (nSPS) is 27.7. The molecule has 2 aliphatic heterocycles. The predicted octanol–water partition coefficient (Wildman–Crippen LogP) is 1.64. The molecular weight excluding hydrogens is 238 g/mol. The van der Waals surface area contributed by atoms with Gasteiger partial charge in [0.1, 0.15) is 5.82 Å². The first-order chi connectivity index (χ1) is 9.30. The van der Waals surface area contributed by atoms with E-state index in [2.05, 4.69) is 22.6 Å². The van der Waals surface area contributed by atoms with Gasteiger partial charge in [0.2, 0.25) is 0 Å². The Bertz CT molecular complexity index is 429. The molecule has 0 saturated carbocycles. The third-order valence-electron chi connectivity index (χ3n) is 4.72. The second kappa shape index (κ2) is 5.63. The molecule has 1 aromatic heterocycles. The van der Waals surface area contributed by atoms with Crippen molar-refractivity contribution in [2.24, 2.45) is 5.92 Å². The number of likely N-dealkylation sites (tertiary alicyclic amines) is 1. The molecule has 0 spiro atoms. The monoisotopic (exact) mass is 263 g/mol. The second-order valence-corrected chi connectivity index (χ2v) is 6.04. The Hall–Kier alpha value is -0.870. The summed E-state index contributed by atoms with van der Waals surface area (Å²) >= 11 is 0. The molecular formula is C15H25N3O. The van der Waals surface area contributed by atoms with E-state index in [1.54, 1.807) is 0 Å². The summed E-state index contributed by atoms with van der Waals surface area (Å²) in [6.07, 6.45) is 7.93. The van der Waals surface area contributed by atoms with E-state index in [-0.39, 0.29) is 12.6 Å². The average molecular weight is 263 g/mol. The lowest BCUT2D eigenvalue weighted by Crippen LogP contribution is -2.20. The fourth-order valence-electron chi connectivity index (χ4n) is 3.56. The zero-order valence-electron chi connectivity index (χ0n) is 11.9. The third-order valence-corrected chi connectivity index (χ3v) is 4.72. The average Bonchev–Trinajstić information content (AvgIpc) is 3.04. The molecule has 19 heavy (non-hydrogen) atoms. The third kappa shape index (κ3) is 2.70. The molecule has 2 unspecified atom stereocenters. The van der Waals surface area contributed by atoms with Gasteiger partial charge < -0.3 is 14.6 Å². The lowest BCUT2D eigenvalue weighted by molar-refractivity contribution is 0.206. The van der Waals surface area contributed by atoms with Gasteiger partial charge in [-0.05, 0) is 44.7 Å². The molecule has 0 bridgehead atoms. The Morgan fingerprint density at radius 1 is 1.42 bits per heavy atom. The largest absolute Gasteiger partial charge is 0.394 e. The SMILES string of the molecule is CCN1CCC(Cc2cn3c(n2)CCCC3CO)C1. The van der Waals surface area contributed by atoms with Gasteiger partial charge in [-0.2, -0.15) is 0 Å². The van der Waals surface area contributed by atoms with Crippen LogP contribution in [-0.4, -0.2) is 45.8 Å². The Labute approximate surface area is 115 Å². The molecule has 106 valence electrons. The first-order valence-electron chi connectivity index (χ1n) is 7.70. The minimum absolute atomic E-state index is 0.246. The fraction of sp³-hybridized carbons (Fsp3) is 0.800. The summed E-state index contributed by atoms with van der Waals surface area (Å²) < 4.78 is 2.23. The van der Waals surface area contributed by atoms with E-state index in [1.165, 1.54) is 37.6 Å². The van der Waals surface area contributed by atoms with Crippen molar-refractivity contribution in [1.82, 2.24) is 14.5 Å². The van der Waals surface area contributed by atoms with Crippen molar-refractivity contribution >= 4 is 0 Å². The summed E-state index contributed by atoms with van der Waals surface area (Å²) in [6, 6.07) is 0.265. The molecule has 0 amide bonds. The Kier molecular flexibility index (Phi) is 3.89. The number of nitrogens with zero attached hydrogens (tertiary/aromatic N) is 3. The quantitative estimate of drug-likeness (QED) is 0.898. The zero-order chi connectivity index (χ0) is 13.2. The van der Waals surface area contributed by atoms with Crippen LogP contribution in [0, 0.1) is 5.92 Å². The number of hydrogen-bond acceptors (Lipinski definition) is 3. The van der Waals surface area contributed by atoms with Crippen molar-refractivity contribution in [1.29, 1.82) is 0 Å². The van der Waals surface area contributed by atoms with E-state index in [0.717, 1.165) is 31.6 Å². The van der Waals surface area contributed by atoms with E-state index >= 15 is 0 Å². The van der Waals surface area contributed by atoms with Crippen molar-refractivity contribution < 1.29 is 5.11 Å². The number of hydrogen-bond donors (Lipinski definition) is 1. The number of fused-ring (bicyclic) bond motifs is 1. The Balaban J connectivity index is 1.68. The van der Waals surface area contributed by atoms with Gasteiger partial charge in [0.25, 0.3) is 0 Å². The van der Waals surface area contributed by atoms with Crippen LogP contribution in [0.5, 0.6) is 0 Å². The van der Waals surface area contributed by atoms with E-state index in [0.29, 0.717) is 0 Å². The van der Waals surface area contributed by atoms with Crippen molar-refractivity contribution in [2.75, 3.05) is 26.2 Å². The molecule has 0 aromatic carbocycles. The van der Waals surface area contributed by atoms with Gasteiger partial charge in [0.15, 0.2) is 0 Å². The number of aliphatic hydroxyl groups is 1. The summed E-state index contributed by atoms with van der Waals surface area (Å²) in [5.74, 6) is 1.95. The number of aryl methyl sites for hydroxylation is 1. The van der Waals surface area contributed by atoms with Gasteiger partial charge in [0, 0.05) is 19.2 Å². The van der Waals surface area contributed by atoms with Crippen molar-refractivity contribution in [2.45, 2.75) is 45.1 Å². The lowest BCUT2D eigenvalue weighted by atomic mass is 10.0.